The summed E-state index contributed by atoms with van der Waals surface area (Å²) in [4.78, 5) is 38.0. The van der Waals surface area contributed by atoms with Crippen molar-refractivity contribution in [1.29, 1.82) is 0 Å². The Morgan fingerprint density at radius 3 is 2.44 bits per heavy atom. The average Bonchev–Trinajstić information content (AvgIpc) is 3.29. The molecule has 1 aromatic heterocycles. The van der Waals surface area contributed by atoms with Gasteiger partial charge in [-0.3, -0.25) is 14.9 Å². The number of aromatic nitrogens is 2. The first-order valence-corrected chi connectivity index (χ1v) is 12.7. The van der Waals surface area contributed by atoms with Crippen LogP contribution in [0.3, 0.4) is 0 Å². The number of ether oxygens (including phenoxy) is 1. The number of piperidine rings is 1. The molecule has 10 nitrogen and oxygen atoms in total. The molecule has 0 spiro atoms. The van der Waals surface area contributed by atoms with Gasteiger partial charge in [-0.25, -0.2) is 9.48 Å². The predicted molar refractivity (Wildman–Crippen MR) is 144 cm³/mol. The monoisotopic (exact) mass is 537 g/mol. The number of halogens is 1. The molecular formula is C28H32FN5O5. The Bertz CT molecular complexity index is 1420. The van der Waals surface area contributed by atoms with Crippen molar-refractivity contribution in [2.45, 2.75) is 59.0 Å². The number of nitro groups is 1. The standard InChI is InChI=1S/C28H32FN5O5/c1-17-6-9-23(18(2)14-17)33-25(19-10-12-32(13-11-19)27(36)39-28(3,4)5)21(16-30-33)26(35)31-20-7-8-22(29)24(15-20)34(37)38/h6-9,14-16,19H,10-13H2,1-5H3,(H,31,35). The number of rotatable bonds is 5. The van der Waals surface area contributed by atoms with Gasteiger partial charge in [0.25, 0.3) is 5.91 Å². The van der Waals surface area contributed by atoms with Gasteiger partial charge < -0.3 is 15.0 Å². The number of nitrogens with zero attached hydrogens (tertiary/aromatic N) is 4. The molecular weight excluding hydrogens is 505 g/mol. The first kappa shape index (κ1) is 27.7. The molecule has 206 valence electrons. The summed E-state index contributed by atoms with van der Waals surface area (Å²) < 4.78 is 21.1. The SMILES string of the molecule is Cc1ccc(-n2ncc(C(=O)Nc3ccc(F)c([N+](=O)[O-])c3)c2C2CCN(C(=O)OC(C)(C)C)CC2)c(C)c1. The zero-order valence-corrected chi connectivity index (χ0v) is 22.7. The van der Waals surface area contributed by atoms with Crippen molar-refractivity contribution in [3.63, 3.8) is 0 Å². The molecule has 2 heterocycles. The highest BCUT2D eigenvalue weighted by Gasteiger charge is 2.32. The Morgan fingerprint density at radius 2 is 1.82 bits per heavy atom. The normalized spacial score (nSPS) is 14.3. The van der Waals surface area contributed by atoms with Crippen LogP contribution >= 0.6 is 0 Å². The third kappa shape index (κ3) is 6.24. The van der Waals surface area contributed by atoms with Crippen LogP contribution in [0.15, 0.2) is 42.6 Å². The smallest absolute Gasteiger partial charge is 0.410 e. The van der Waals surface area contributed by atoms with E-state index in [0.29, 0.717) is 37.2 Å². The van der Waals surface area contributed by atoms with Gasteiger partial charge >= 0.3 is 11.8 Å². The molecule has 39 heavy (non-hydrogen) atoms. The van der Waals surface area contributed by atoms with Crippen molar-refractivity contribution in [3.8, 4) is 5.69 Å². The van der Waals surface area contributed by atoms with Gasteiger partial charge in [0.15, 0.2) is 0 Å². The van der Waals surface area contributed by atoms with Gasteiger partial charge in [-0.15, -0.1) is 0 Å². The fourth-order valence-electron chi connectivity index (χ4n) is 4.75. The second-order valence-corrected chi connectivity index (χ2v) is 10.8. The highest BCUT2D eigenvalue weighted by atomic mass is 19.1. The van der Waals surface area contributed by atoms with Crippen LogP contribution < -0.4 is 5.32 Å². The number of carbonyl (C=O) groups is 2. The van der Waals surface area contributed by atoms with Crippen LogP contribution in [0.1, 0.15) is 66.7 Å². The first-order valence-electron chi connectivity index (χ1n) is 12.7. The Hall–Kier alpha value is -4.28. The van der Waals surface area contributed by atoms with Crippen molar-refractivity contribution < 1.29 is 23.6 Å². The van der Waals surface area contributed by atoms with Crippen LogP contribution in [0, 0.1) is 29.8 Å². The number of anilines is 1. The summed E-state index contributed by atoms with van der Waals surface area (Å²) in [5, 5.41) is 18.4. The minimum Gasteiger partial charge on any atom is -0.444 e. The minimum atomic E-state index is -0.988. The number of hydrogen-bond acceptors (Lipinski definition) is 6. The number of likely N-dealkylation sites (tertiary alicyclic amines) is 1. The molecule has 0 aliphatic carbocycles. The summed E-state index contributed by atoms with van der Waals surface area (Å²) in [5.41, 5.74) is 2.64. The summed E-state index contributed by atoms with van der Waals surface area (Å²) in [6.45, 7) is 10.3. The molecule has 0 unspecified atom stereocenters. The summed E-state index contributed by atoms with van der Waals surface area (Å²) in [6, 6.07) is 9.15. The maximum absolute atomic E-state index is 13.8. The van der Waals surface area contributed by atoms with Gasteiger partial charge in [-0.05, 0) is 71.2 Å². The summed E-state index contributed by atoms with van der Waals surface area (Å²) in [7, 11) is 0. The average molecular weight is 538 g/mol. The molecule has 1 aliphatic rings. The van der Waals surface area contributed by atoms with Crippen LogP contribution in [0.5, 0.6) is 0 Å². The summed E-state index contributed by atoms with van der Waals surface area (Å²) >= 11 is 0. The number of carbonyl (C=O) groups excluding carboxylic acids is 2. The number of hydrogen-bond donors (Lipinski definition) is 1. The number of aryl methyl sites for hydroxylation is 2. The van der Waals surface area contributed by atoms with E-state index in [4.69, 9.17) is 4.74 Å². The second-order valence-electron chi connectivity index (χ2n) is 10.8. The zero-order chi connectivity index (χ0) is 28.5. The molecule has 1 saturated heterocycles. The predicted octanol–water partition coefficient (Wildman–Crippen LogP) is 5.90. The minimum absolute atomic E-state index is 0.0954. The number of benzene rings is 2. The lowest BCUT2D eigenvalue weighted by Crippen LogP contribution is -2.41. The van der Waals surface area contributed by atoms with Gasteiger partial charge in [-0.2, -0.15) is 9.49 Å². The fourth-order valence-corrected chi connectivity index (χ4v) is 4.75. The molecule has 2 aromatic carbocycles. The molecule has 0 saturated carbocycles. The molecule has 0 radical (unpaired) electrons. The van der Waals surface area contributed by atoms with Crippen molar-refractivity contribution in [1.82, 2.24) is 14.7 Å². The van der Waals surface area contributed by atoms with E-state index in [-0.39, 0.29) is 17.7 Å². The third-order valence-corrected chi connectivity index (χ3v) is 6.57. The summed E-state index contributed by atoms with van der Waals surface area (Å²) in [5.74, 6) is -1.61. The van der Waals surface area contributed by atoms with Gasteiger partial charge in [0.1, 0.15) is 5.60 Å². The zero-order valence-electron chi connectivity index (χ0n) is 22.7. The van der Waals surface area contributed by atoms with E-state index in [1.54, 1.807) is 9.58 Å². The van der Waals surface area contributed by atoms with Crippen LogP contribution in [0.2, 0.25) is 0 Å². The topological polar surface area (TPSA) is 120 Å². The largest absolute Gasteiger partial charge is 0.444 e. The van der Waals surface area contributed by atoms with Crippen molar-refractivity contribution in [2.75, 3.05) is 18.4 Å². The van der Waals surface area contributed by atoms with Gasteiger partial charge in [-0.1, -0.05) is 17.7 Å². The lowest BCUT2D eigenvalue weighted by molar-refractivity contribution is -0.387. The maximum atomic E-state index is 13.8. The second kappa shape index (κ2) is 10.8. The molecule has 1 N–H and O–H groups in total. The molecule has 11 heteroatoms. The van der Waals surface area contributed by atoms with Crippen LogP contribution in [-0.4, -0.2) is 50.3 Å². The van der Waals surface area contributed by atoms with Crippen molar-refractivity contribution >= 4 is 23.4 Å². The number of amides is 2. The molecule has 4 rings (SSSR count). The van der Waals surface area contributed by atoms with Crippen LogP contribution in [0.25, 0.3) is 5.69 Å². The highest BCUT2D eigenvalue weighted by molar-refractivity contribution is 6.05. The van der Waals surface area contributed by atoms with E-state index in [0.717, 1.165) is 28.9 Å². The first-order chi connectivity index (χ1) is 18.3. The van der Waals surface area contributed by atoms with E-state index < -0.39 is 27.9 Å². The Balaban J connectivity index is 1.66. The van der Waals surface area contributed by atoms with Gasteiger partial charge in [0.2, 0.25) is 5.82 Å². The van der Waals surface area contributed by atoms with Crippen molar-refractivity contribution in [3.05, 3.63) is 80.9 Å². The van der Waals surface area contributed by atoms with E-state index in [2.05, 4.69) is 10.4 Å². The van der Waals surface area contributed by atoms with E-state index in [1.807, 2.05) is 52.8 Å². The quantitative estimate of drug-likeness (QED) is 0.319. The Kier molecular flexibility index (Phi) is 7.71. The molecule has 2 amide bonds. The van der Waals surface area contributed by atoms with E-state index >= 15 is 0 Å². The number of nitro benzene ring substituents is 1. The van der Waals surface area contributed by atoms with Gasteiger partial charge in [0.05, 0.1) is 28.1 Å². The third-order valence-electron chi connectivity index (χ3n) is 6.57. The fraction of sp³-hybridized carbons (Fsp3) is 0.393. The van der Waals surface area contributed by atoms with Gasteiger partial charge in [0, 0.05) is 30.8 Å². The van der Waals surface area contributed by atoms with E-state index in [1.165, 1.54) is 12.3 Å². The maximum Gasteiger partial charge on any atom is 0.410 e. The lowest BCUT2D eigenvalue weighted by atomic mass is 9.90. The van der Waals surface area contributed by atoms with Crippen LogP contribution in [0.4, 0.5) is 20.6 Å². The van der Waals surface area contributed by atoms with Crippen LogP contribution in [-0.2, 0) is 4.74 Å². The molecule has 0 atom stereocenters. The summed E-state index contributed by atoms with van der Waals surface area (Å²) in [6.07, 6.45) is 2.26. The molecule has 0 bridgehead atoms. The molecule has 3 aromatic rings. The highest BCUT2D eigenvalue weighted by Crippen LogP contribution is 2.34. The van der Waals surface area contributed by atoms with Crippen molar-refractivity contribution in [2.24, 2.45) is 0 Å². The Morgan fingerprint density at radius 1 is 1.13 bits per heavy atom. The lowest BCUT2D eigenvalue weighted by Gasteiger charge is -2.34. The molecule has 1 fully saturated rings. The number of nitrogens with one attached hydrogen (secondary N) is 1. The Labute approximate surface area is 225 Å². The molecule has 1 aliphatic heterocycles. The van der Waals surface area contributed by atoms with E-state index in [9.17, 15) is 24.1 Å².